The van der Waals surface area contributed by atoms with Crippen LogP contribution in [0, 0.1) is 0 Å². The number of rotatable bonds is 5. The standard InChI is InChI=1S/C30H30N6O2S/c37-29(24-19-26(22-7-3-1-4-8-22)31-27(20-24)23-9-5-2-6-10-23)36-17-15-34(16-18-36)25-11-13-35(14-12-25)30(38)28-21-39-33-32-28/h1-10,19-21,25H,11-18H2. The molecule has 0 saturated carbocycles. The fourth-order valence-electron chi connectivity index (χ4n) is 5.49. The van der Waals surface area contributed by atoms with Crippen LogP contribution in [0.1, 0.15) is 33.7 Å². The van der Waals surface area contributed by atoms with E-state index in [1.807, 2.05) is 82.6 Å². The van der Waals surface area contributed by atoms with Crippen LogP contribution in [0.5, 0.6) is 0 Å². The minimum absolute atomic E-state index is 0.0280. The van der Waals surface area contributed by atoms with E-state index in [-0.39, 0.29) is 11.8 Å². The maximum absolute atomic E-state index is 13.7. The summed E-state index contributed by atoms with van der Waals surface area (Å²) in [5.41, 5.74) is 4.68. The topological polar surface area (TPSA) is 82.5 Å². The van der Waals surface area contributed by atoms with Crippen molar-refractivity contribution in [3.8, 4) is 22.5 Å². The Morgan fingerprint density at radius 3 is 1.82 bits per heavy atom. The smallest absolute Gasteiger partial charge is 0.275 e. The Labute approximate surface area is 232 Å². The van der Waals surface area contributed by atoms with E-state index in [1.54, 1.807) is 5.38 Å². The van der Waals surface area contributed by atoms with Crippen molar-refractivity contribution in [3.63, 3.8) is 0 Å². The molecular weight excluding hydrogens is 508 g/mol. The van der Waals surface area contributed by atoms with Crippen LogP contribution in [0.25, 0.3) is 22.5 Å². The molecule has 0 bridgehead atoms. The summed E-state index contributed by atoms with van der Waals surface area (Å²) in [7, 11) is 0. The van der Waals surface area contributed by atoms with E-state index in [4.69, 9.17) is 4.98 Å². The van der Waals surface area contributed by atoms with Crippen molar-refractivity contribution < 1.29 is 9.59 Å². The van der Waals surface area contributed by atoms with Gasteiger partial charge in [0.2, 0.25) is 0 Å². The SMILES string of the molecule is O=C(c1cc(-c2ccccc2)nc(-c2ccccc2)c1)N1CCN(C2CCN(C(=O)c3csnn3)CC2)CC1. The molecule has 2 saturated heterocycles. The van der Waals surface area contributed by atoms with Gasteiger partial charge in [-0.3, -0.25) is 14.5 Å². The van der Waals surface area contributed by atoms with Gasteiger partial charge < -0.3 is 9.80 Å². The number of hydrogen-bond acceptors (Lipinski definition) is 7. The molecule has 0 N–H and O–H groups in total. The average Bonchev–Trinajstić information content (AvgIpc) is 3.56. The number of pyridine rings is 1. The molecule has 2 aromatic heterocycles. The van der Waals surface area contributed by atoms with E-state index in [1.165, 1.54) is 11.5 Å². The molecule has 0 atom stereocenters. The van der Waals surface area contributed by atoms with Gasteiger partial charge in [0.25, 0.3) is 11.8 Å². The first-order chi connectivity index (χ1) is 19.2. The summed E-state index contributed by atoms with van der Waals surface area (Å²) in [4.78, 5) is 37.5. The average molecular weight is 539 g/mol. The van der Waals surface area contributed by atoms with Crippen LogP contribution >= 0.6 is 11.5 Å². The van der Waals surface area contributed by atoms with Gasteiger partial charge in [-0.05, 0) is 36.5 Å². The summed E-state index contributed by atoms with van der Waals surface area (Å²) in [6.45, 7) is 4.49. The Kier molecular flexibility index (Phi) is 7.42. The van der Waals surface area contributed by atoms with E-state index in [0.29, 0.717) is 30.4 Å². The summed E-state index contributed by atoms with van der Waals surface area (Å²) in [6.07, 6.45) is 1.87. The lowest BCUT2D eigenvalue weighted by molar-refractivity contribution is 0.0410. The number of hydrogen-bond donors (Lipinski definition) is 0. The molecule has 2 aliphatic rings. The zero-order valence-corrected chi connectivity index (χ0v) is 22.5. The van der Waals surface area contributed by atoms with Crippen molar-refractivity contribution in [1.82, 2.24) is 29.3 Å². The molecule has 2 aliphatic heterocycles. The number of carbonyl (C=O) groups excluding carboxylic acids is 2. The number of piperidine rings is 1. The van der Waals surface area contributed by atoms with Gasteiger partial charge in [-0.2, -0.15) is 0 Å². The second-order valence-electron chi connectivity index (χ2n) is 10.0. The van der Waals surface area contributed by atoms with Gasteiger partial charge in [0, 0.05) is 67.4 Å². The third-order valence-electron chi connectivity index (χ3n) is 7.66. The fraction of sp³-hybridized carbons (Fsp3) is 0.300. The predicted octanol–water partition coefficient (Wildman–Crippen LogP) is 4.33. The predicted molar refractivity (Wildman–Crippen MR) is 151 cm³/mol. The minimum atomic E-state index is -0.0280. The van der Waals surface area contributed by atoms with Crippen molar-refractivity contribution in [2.45, 2.75) is 18.9 Å². The van der Waals surface area contributed by atoms with Crippen LogP contribution in [0.2, 0.25) is 0 Å². The molecule has 8 nitrogen and oxygen atoms in total. The third-order valence-corrected chi connectivity index (χ3v) is 8.16. The molecule has 4 aromatic rings. The molecule has 2 amide bonds. The van der Waals surface area contributed by atoms with Gasteiger partial charge in [0.1, 0.15) is 0 Å². The van der Waals surface area contributed by atoms with Gasteiger partial charge in [-0.15, -0.1) is 5.10 Å². The largest absolute Gasteiger partial charge is 0.337 e. The second kappa shape index (κ2) is 11.4. The number of aromatic nitrogens is 3. The number of amides is 2. The number of nitrogens with zero attached hydrogens (tertiary/aromatic N) is 6. The molecule has 39 heavy (non-hydrogen) atoms. The maximum atomic E-state index is 13.7. The quantitative estimate of drug-likeness (QED) is 0.376. The van der Waals surface area contributed by atoms with Gasteiger partial charge >= 0.3 is 0 Å². The Hall–Kier alpha value is -3.95. The number of likely N-dealkylation sites (tertiary alicyclic amines) is 1. The van der Waals surface area contributed by atoms with Gasteiger partial charge in [0.05, 0.1) is 11.4 Å². The van der Waals surface area contributed by atoms with Crippen LogP contribution in [0.15, 0.2) is 78.2 Å². The highest BCUT2D eigenvalue weighted by Gasteiger charge is 2.31. The Morgan fingerprint density at radius 2 is 1.28 bits per heavy atom. The lowest BCUT2D eigenvalue weighted by Crippen LogP contribution is -2.54. The Bertz CT molecular complexity index is 1360. The molecule has 0 spiro atoms. The van der Waals surface area contributed by atoms with Crippen molar-refractivity contribution in [1.29, 1.82) is 0 Å². The first-order valence-corrected chi connectivity index (χ1v) is 14.2. The first kappa shape index (κ1) is 25.3. The minimum Gasteiger partial charge on any atom is -0.337 e. The summed E-state index contributed by atoms with van der Waals surface area (Å²) in [5, 5.41) is 5.63. The number of piperazine rings is 1. The molecule has 198 valence electrons. The maximum Gasteiger partial charge on any atom is 0.275 e. The molecule has 4 heterocycles. The van der Waals surface area contributed by atoms with Crippen LogP contribution in [-0.2, 0) is 0 Å². The highest BCUT2D eigenvalue weighted by molar-refractivity contribution is 7.03. The molecule has 2 aromatic carbocycles. The second-order valence-corrected chi connectivity index (χ2v) is 10.6. The molecule has 0 aliphatic carbocycles. The summed E-state index contributed by atoms with van der Waals surface area (Å²) >= 11 is 1.20. The van der Waals surface area contributed by atoms with Crippen molar-refractivity contribution >= 4 is 23.3 Å². The Balaban J connectivity index is 1.12. The van der Waals surface area contributed by atoms with Crippen molar-refractivity contribution in [2.24, 2.45) is 0 Å². The number of carbonyl (C=O) groups is 2. The highest BCUT2D eigenvalue weighted by Crippen LogP contribution is 2.26. The van der Waals surface area contributed by atoms with Gasteiger partial charge in [-0.1, -0.05) is 65.2 Å². The van der Waals surface area contributed by atoms with Crippen LogP contribution in [0.3, 0.4) is 0 Å². The normalized spacial score (nSPS) is 16.8. The molecule has 9 heteroatoms. The lowest BCUT2D eigenvalue weighted by atomic mass is 10.0. The van der Waals surface area contributed by atoms with Gasteiger partial charge in [-0.25, -0.2) is 4.98 Å². The molecule has 2 fully saturated rings. The zero-order valence-electron chi connectivity index (χ0n) is 21.6. The van der Waals surface area contributed by atoms with Crippen molar-refractivity contribution in [2.75, 3.05) is 39.3 Å². The Morgan fingerprint density at radius 1 is 0.718 bits per heavy atom. The lowest BCUT2D eigenvalue weighted by Gasteiger charge is -2.42. The van der Waals surface area contributed by atoms with Crippen molar-refractivity contribution in [3.05, 3.63) is 89.4 Å². The molecular formula is C30H30N6O2S. The summed E-state index contributed by atoms with van der Waals surface area (Å²) in [6, 6.07) is 24.3. The third kappa shape index (κ3) is 5.60. The van der Waals surface area contributed by atoms with E-state index in [0.717, 1.165) is 61.5 Å². The van der Waals surface area contributed by atoms with Crippen LogP contribution in [-0.4, -0.2) is 86.4 Å². The molecule has 0 radical (unpaired) electrons. The number of benzene rings is 2. The fourth-order valence-corrected chi connectivity index (χ4v) is 5.92. The summed E-state index contributed by atoms with van der Waals surface area (Å²) < 4.78 is 3.81. The van der Waals surface area contributed by atoms with Gasteiger partial charge in [0.15, 0.2) is 5.69 Å². The molecule has 6 rings (SSSR count). The highest BCUT2D eigenvalue weighted by atomic mass is 32.1. The van der Waals surface area contributed by atoms with Crippen LogP contribution in [0.4, 0.5) is 0 Å². The monoisotopic (exact) mass is 538 g/mol. The first-order valence-electron chi connectivity index (χ1n) is 13.4. The molecule has 0 unspecified atom stereocenters. The van der Waals surface area contributed by atoms with E-state index >= 15 is 0 Å². The zero-order chi connectivity index (χ0) is 26.6. The van der Waals surface area contributed by atoms with E-state index in [9.17, 15) is 9.59 Å². The van der Waals surface area contributed by atoms with Crippen LogP contribution < -0.4 is 0 Å². The summed E-state index contributed by atoms with van der Waals surface area (Å²) in [5.74, 6) is 0.0170. The van der Waals surface area contributed by atoms with E-state index < -0.39 is 0 Å². The van der Waals surface area contributed by atoms with E-state index in [2.05, 4.69) is 14.5 Å².